The highest BCUT2D eigenvalue weighted by Gasteiger charge is 2.38. The predicted molar refractivity (Wildman–Crippen MR) is 143 cm³/mol. The zero-order valence-corrected chi connectivity index (χ0v) is 22.2. The van der Waals surface area contributed by atoms with E-state index in [9.17, 15) is 9.59 Å². The van der Waals surface area contributed by atoms with E-state index in [1.54, 1.807) is 7.11 Å². The number of para-hydroxylation sites is 2. The fourth-order valence-electron chi connectivity index (χ4n) is 5.17. The van der Waals surface area contributed by atoms with Gasteiger partial charge in [0.25, 0.3) is 5.91 Å². The maximum atomic E-state index is 13.4. The number of hydrogen-bond donors (Lipinski definition) is 0. The van der Waals surface area contributed by atoms with Crippen molar-refractivity contribution >= 4 is 11.8 Å². The van der Waals surface area contributed by atoms with Crippen LogP contribution in [0.5, 0.6) is 11.5 Å². The molecule has 2 aliphatic rings. The van der Waals surface area contributed by atoms with Gasteiger partial charge in [-0.1, -0.05) is 56.0 Å². The molecule has 2 amide bonds. The lowest BCUT2D eigenvalue weighted by atomic mass is 10.1. The van der Waals surface area contributed by atoms with E-state index in [0.29, 0.717) is 43.3 Å². The molecule has 0 saturated carbocycles. The van der Waals surface area contributed by atoms with E-state index < -0.39 is 0 Å². The minimum absolute atomic E-state index is 0.00948. The predicted octanol–water partition coefficient (Wildman–Crippen LogP) is 4.73. The maximum Gasteiger partial charge on any atom is 0.257 e. The number of hydrogen-bond acceptors (Lipinski definition) is 5. The van der Waals surface area contributed by atoms with Crippen molar-refractivity contribution in [3.63, 3.8) is 0 Å². The van der Waals surface area contributed by atoms with E-state index in [1.165, 1.54) is 12.8 Å². The fraction of sp³-hybridized carbons (Fsp3) is 0.533. The summed E-state index contributed by atoms with van der Waals surface area (Å²) in [7, 11) is 1.62. The first kappa shape index (κ1) is 27.0. The Morgan fingerprint density at radius 1 is 0.946 bits per heavy atom. The van der Waals surface area contributed by atoms with Crippen LogP contribution in [0.15, 0.2) is 48.5 Å². The highest BCUT2D eigenvalue weighted by atomic mass is 16.5. The third-order valence-corrected chi connectivity index (χ3v) is 7.32. The van der Waals surface area contributed by atoms with E-state index in [1.807, 2.05) is 65.3 Å². The second kappa shape index (κ2) is 13.5. The summed E-state index contributed by atoms with van der Waals surface area (Å²) in [6.45, 7) is 4.96. The van der Waals surface area contributed by atoms with Crippen LogP contribution >= 0.6 is 0 Å². The molecule has 37 heavy (non-hydrogen) atoms. The summed E-state index contributed by atoms with van der Waals surface area (Å²) in [4.78, 5) is 30.4. The monoisotopic (exact) mass is 508 g/mol. The van der Waals surface area contributed by atoms with Crippen molar-refractivity contribution in [1.82, 2.24) is 9.80 Å². The Balaban J connectivity index is 1.53. The van der Waals surface area contributed by atoms with E-state index in [0.717, 1.165) is 37.8 Å². The molecule has 2 heterocycles. The smallest absolute Gasteiger partial charge is 0.257 e. The summed E-state index contributed by atoms with van der Waals surface area (Å²) in [5, 5.41) is 0. The van der Waals surface area contributed by atoms with E-state index >= 15 is 0 Å². The number of carbonyl (C=O) groups is 2. The van der Waals surface area contributed by atoms with Crippen molar-refractivity contribution < 1.29 is 23.8 Å². The number of amides is 2. The van der Waals surface area contributed by atoms with Crippen molar-refractivity contribution in [2.45, 2.75) is 64.1 Å². The van der Waals surface area contributed by atoms with Crippen LogP contribution in [0.3, 0.4) is 0 Å². The molecule has 2 aliphatic heterocycles. The van der Waals surface area contributed by atoms with Gasteiger partial charge in [0.15, 0.2) is 0 Å². The molecule has 2 aromatic carbocycles. The zero-order chi connectivity index (χ0) is 26.0. The van der Waals surface area contributed by atoms with Crippen LogP contribution in [0, 0.1) is 0 Å². The number of benzene rings is 2. The third kappa shape index (κ3) is 7.04. The standard InChI is InChI=1S/C30H40N2O5/c1-3-31-18-12-6-4-5-7-13-19-36-27-21-32(29(33)20-23-14-8-10-16-25(23)35-2)22-28(27)37-26-17-11-9-15-24(26)30(31)34/h8-11,14-17,27-28H,3-7,12-13,18-22H2,1-2H3/t27-,28-/m1/s1. The van der Waals surface area contributed by atoms with Crippen LogP contribution < -0.4 is 9.47 Å². The second-order valence-electron chi connectivity index (χ2n) is 9.86. The molecule has 0 aliphatic carbocycles. The van der Waals surface area contributed by atoms with Crippen molar-refractivity contribution in [2.24, 2.45) is 0 Å². The van der Waals surface area contributed by atoms with Crippen molar-refractivity contribution in [3.05, 3.63) is 59.7 Å². The van der Waals surface area contributed by atoms with Crippen LogP contribution in [-0.2, 0) is 16.0 Å². The van der Waals surface area contributed by atoms with Crippen molar-refractivity contribution in [3.8, 4) is 11.5 Å². The van der Waals surface area contributed by atoms with Crippen molar-refractivity contribution in [2.75, 3.05) is 39.9 Å². The Hall–Kier alpha value is -3.06. The van der Waals surface area contributed by atoms with Gasteiger partial charge < -0.3 is 24.0 Å². The average molecular weight is 509 g/mol. The molecule has 0 N–H and O–H groups in total. The SMILES string of the molecule is CCN1CCCCCCCCO[C@@H]2CN(C(=O)Cc3ccccc3OC)C[C@H]2Oc2ccccc2C1=O. The molecule has 1 saturated heterocycles. The minimum Gasteiger partial charge on any atom is -0.496 e. The molecule has 2 atom stereocenters. The summed E-state index contributed by atoms with van der Waals surface area (Å²) in [5.74, 6) is 1.26. The van der Waals surface area contributed by atoms with Gasteiger partial charge >= 0.3 is 0 Å². The van der Waals surface area contributed by atoms with Gasteiger partial charge in [-0.3, -0.25) is 9.59 Å². The first-order valence-corrected chi connectivity index (χ1v) is 13.7. The number of fused-ring (bicyclic) bond motifs is 2. The molecule has 200 valence electrons. The lowest BCUT2D eigenvalue weighted by molar-refractivity contribution is -0.130. The number of ether oxygens (including phenoxy) is 3. The van der Waals surface area contributed by atoms with Gasteiger partial charge in [0, 0.05) is 25.3 Å². The highest BCUT2D eigenvalue weighted by Crippen LogP contribution is 2.27. The van der Waals surface area contributed by atoms with Gasteiger partial charge in [-0.25, -0.2) is 0 Å². The molecule has 0 unspecified atom stereocenters. The van der Waals surface area contributed by atoms with Gasteiger partial charge in [0.2, 0.25) is 5.91 Å². The summed E-state index contributed by atoms with van der Waals surface area (Å²) < 4.78 is 18.2. The number of carbonyl (C=O) groups excluding carboxylic acids is 2. The Kier molecular flexibility index (Phi) is 9.83. The Labute approximate surface area is 220 Å². The number of likely N-dealkylation sites (tertiary alicyclic amines) is 1. The molecule has 2 aromatic rings. The quantitative estimate of drug-likeness (QED) is 0.597. The van der Waals surface area contributed by atoms with Crippen LogP contribution in [-0.4, -0.2) is 73.7 Å². The second-order valence-corrected chi connectivity index (χ2v) is 9.86. The first-order chi connectivity index (χ1) is 18.1. The normalized spacial score (nSPS) is 21.6. The van der Waals surface area contributed by atoms with E-state index in [2.05, 4.69) is 0 Å². The summed E-state index contributed by atoms with van der Waals surface area (Å²) in [5.41, 5.74) is 1.42. The molecule has 7 heteroatoms. The molecule has 7 nitrogen and oxygen atoms in total. The molecule has 1 fully saturated rings. The Bertz CT molecular complexity index is 1040. The molecular weight excluding hydrogens is 468 g/mol. The summed E-state index contributed by atoms with van der Waals surface area (Å²) >= 11 is 0. The summed E-state index contributed by atoms with van der Waals surface area (Å²) in [6.07, 6.45) is 6.23. The Morgan fingerprint density at radius 3 is 2.46 bits per heavy atom. The zero-order valence-electron chi connectivity index (χ0n) is 22.2. The number of methoxy groups -OCH3 is 1. The lowest BCUT2D eigenvalue weighted by Gasteiger charge is -2.25. The molecule has 4 rings (SSSR count). The lowest BCUT2D eigenvalue weighted by Crippen LogP contribution is -2.35. The van der Waals surface area contributed by atoms with Crippen LogP contribution in [0.2, 0.25) is 0 Å². The van der Waals surface area contributed by atoms with Crippen LogP contribution in [0.1, 0.15) is 61.4 Å². The van der Waals surface area contributed by atoms with E-state index in [-0.39, 0.29) is 30.4 Å². The summed E-state index contributed by atoms with van der Waals surface area (Å²) in [6, 6.07) is 15.0. The van der Waals surface area contributed by atoms with Crippen LogP contribution in [0.25, 0.3) is 0 Å². The van der Waals surface area contributed by atoms with Gasteiger partial charge in [-0.15, -0.1) is 0 Å². The average Bonchev–Trinajstić information content (AvgIpc) is 3.32. The topological polar surface area (TPSA) is 68.3 Å². The molecule has 0 spiro atoms. The number of rotatable bonds is 4. The van der Waals surface area contributed by atoms with Gasteiger partial charge in [0.1, 0.15) is 23.7 Å². The third-order valence-electron chi connectivity index (χ3n) is 7.32. The fourth-order valence-corrected chi connectivity index (χ4v) is 5.17. The molecular formula is C30H40N2O5. The minimum atomic E-state index is -0.349. The van der Waals surface area contributed by atoms with E-state index in [4.69, 9.17) is 14.2 Å². The van der Waals surface area contributed by atoms with Gasteiger partial charge in [-0.05, 0) is 38.0 Å². The van der Waals surface area contributed by atoms with Gasteiger partial charge in [0.05, 0.1) is 32.2 Å². The maximum absolute atomic E-state index is 13.4. The number of nitrogens with zero attached hydrogens (tertiary/aromatic N) is 2. The molecule has 0 bridgehead atoms. The largest absolute Gasteiger partial charge is 0.496 e. The van der Waals surface area contributed by atoms with Crippen LogP contribution in [0.4, 0.5) is 0 Å². The van der Waals surface area contributed by atoms with Crippen molar-refractivity contribution in [1.29, 1.82) is 0 Å². The first-order valence-electron chi connectivity index (χ1n) is 13.7. The highest BCUT2D eigenvalue weighted by molar-refractivity contribution is 5.97. The Morgan fingerprint density at radius 2 is 1.65 bits per heavy atom. The van der Waals surface area contributed by atoms with Gasteiger partial charge in [-0.2, -0.15) is 0 Å². The molecule has 0 aromatic heterocycles. The molecule has 0 radical (unpaired) electrons.